The number of hydrogen-bond acceptors (Lipinski definition) is 4. The van der Waals surface area contributed by atoms with Crippen LogP contribution in [0, 0.1) is 6.92 Å². The van der Waals surface area contributed by atoms with Crippen LogP contribution in [0.1, 0.15) is 35.0 Å². The van der Waals surface area contributed by atoms with Crippen LogP contribution in [-0.4, -0.2) is 18.1 Å². The van der Waals surface area contributed by atoms with Gasteiger partial charge in [0.15, 0.2) is 0 Å². The van der Waals surface area contributed by atoms with E-state index in [4.69, 9.17) is 4.74 Å². The van der Waals surface area contributed by atoms with E-state index >= 15 is 0 Å². The van der Waals surface area contributed by atoms with Gasteiger partial charge in [-0.05, 0) is 44.5 Å². The second kappa shape index (κ2) is 5.31. The summed E-state index contributed by atoms with van der Waals surface area (Å²) in [5.41, 5.74) is 4.25. The van der Waals surface area contributed by atoms with Gasteiger partial charge in [-0.1, -0.05) is 12.1 Å². The van der Waals surface area contributed by atoms with Gasteiger partial charge in [0, 0.05) is 4.88 Å². The van der Waals surface area contributed by atoms with Crippen molar-refractivity contribution < 1.29 is 4.74 Å². The van der Waals surface area contributed by atoms with Gasteiger partial charge < -0.3 is 10.1 Å². The molecular formula is C15H18N2OS. The third kappa shape index (κ3) is 2.80. The number of benzene rings is 1. The summed E-state index contributed by atoms with van der Waals surface area (Å²) >= 11 is 1.70. The third-order valence-corrected chi connectivity index (χ3v) is 4.37. The van der Waals surface area contributed by atoms with E-state index in [0.29, 0.717) is 6.10 Å². The van der Waals surface area contributed by atoms with E-state index in [9.17, 15) is 0 Å². The van der Waals surface area contributed by atoms with Crippen LogP contribution in [-0.2, 0) is 0 Å². The largest absolute Gasteiger partial charge is 0.490 e. The summed E-state index contributed by atoms with van der Waals surface area (Å²) < 4.78 is 5.78. The summed E-state index contributed by atoms with van der Waals surface area (Å²) in [7, 11) is 1.98. The predicted molar refractivity (Wildman–Crippen MR) is 77.8 cm³/mol. The summed E-state index contributed by atoms with van der Waals surface area (Å²) in [5, 5.41) is 3.36. The lowest BCUT2D eigenvalue weighted by Gasteiger charge is -2.16. The van der Waals surface area contributed by atoms with Gasteiger partial charge in [-0.2, -0.15) is 0 Å². The molecule has 1 heterocycles. The summed E-state index contributed by atoms with van der Waals surface area (Å²) in [4.78, 5) is 5.61. The highest BCUT2D eigenvalue weighted by Crippen LogP contribution is 2.30. The molecule has 1 atom stereocenters. The number of aromatic nitrogens is 1. The van der Waals surface area contributed by atoms with Gasteiger partial charge in [0.1, 0.15) is 5.75 Å². The molecular weight excluding hydrogens is 256 g/mol. The van der Waals surface area contributed by atoms with Crippen molar-refractivity contribution in [2.75, 3.05) is 7.05 Å². The highest BCUT2D eigenvalue weighted by atomic mass is 32.1. The fraction of sp³-hybridized carbons (Fsp3) is 0.400. The Balaban J connectivity index is 1.81. The van der Waals surface area contributed by atoms with E-state index in [2.05, 4.69) is 41.5 Å². The Hall–Kier alpha value is -1.39. The number of nitrogens with one attached hydrogen (secondary N) is 1. The first-order valence-corrected chi connectivity index (χ1v) is 7.50. The van der Waals surface area contributed by atoms with Crippen molar-refractivity contribution in [1.29, 1.82) is 0 Å². The first kappa shape index (κ1) is 12.6. The summed E-state index contributed by atoms with van der Waals surface area (Å²) in [6.45, 7) is 2.06. The minimum Gasteiger partial charge on any atom is -0.490 e. The van der Waals surface area contributed by atoms with Crippen molar-refractivity contribution in [2.45, 2.75) is 31.9 Å². The minimum atomic E-state index is 0.211. The molecule has 3 rings (SSSR count). The van der Waals surface area contributed by atoms with E-state index in [1.165, 1.54) is 23.3 Å². The Labute approximate surface area is 117 Å². The maximum absolute atomic E-state index is 5.78. The molecule has 0 bridgehead atoms. The average Bonchev–Trinajstić information content (AvgIpc) is 3.14. The standard InChI is InChI=1S/C15H18N2OS/c1-10-15(19-9-17-10)14(16-2)11-3-5-12(6-4-11)18-13-7-8-13/h3-6,9,13-14,16H,7-8H2,1-2H3. The van der Waals surface area contributed by atoms with Gasteiger partial charge in [-0.25, -0.2) is 4.98 Å². The van der Waals surface area contributed by atoms with Gasteiger partial charge in [0.2, 0.25) is 0 Å². The molecule has 1 aliphatic carbocycles. The van der Waals surface area contributed by atoms with E-state index in [-0.39, 0.29) is 6.04 Å². The van der Waals surface area contributed by atoms with E-state index in [0.717, 1.165) is 11.4 Å². The Kier molecular flexibility index (Phi) is 3.53. The molecule has 1 fully saturated rings. The lowest BCUT2D eigenvalue weighted by atomic mass is 10.0. The van der Waals surface area contributed by atoms with Crippen LogP contribution in [0.4, 0.5) is 0 Å². The van der Waals surface area contributed by atoms with Crippen molar-refractivity contribution >= 4 is 11.3 Å². The lowest BCUT2D eigenvalue weighted by molar-refractivity contribution is 0.303. The van der Waals surface area contributed by atoms with Gasteiger partial charge in [0.05, 0.1) is 23.4 Å². The molecule has 1 saturated carbocycles. The maximum Gasteiger partial charge on any atom is 0.119 e. The van der Waals surface area contributed by atoms with Crippen LogP contribution in [0.5, 0.6) is 5.75 Å². The summed E-state index contributed by atoms with van der Waals surface area (Å²) in [6.07, 6.45) is 2.84. The minimum absolute atomic E-state index is 0.211. The molecule has 1 N–H and O–H groups in total. The highest BCUT2D eigenvalue weighted by molar-refractivity contribution is 7.09. The zero-order valence-corrected chi connectivity index (χ0v) is 12.0. The predicted octanol–water partition coefficient (Wildman–Crippen LogP) is 3.30. The number of nitrogens with zero attached hydrogens (tertiary/aromatic N) is 1. The van der Waals surface area contributed by atoms with Crippen LogP contribution in [0.3, 0.4) is 0 Å². The van der Waals surface area contributed by atoms with E-state index in [1.54, 1.807) is 11.3 Å². The van der Waals surface area contributed by atoms with Crippen LogP contribution in [0.25, 0.3) is 0 Å². The Morgan fingerprint density at radius 3 is 2.58 bits per heavy atom. The molecule has 0 aliphatic heterocycles. The van der Waals surface area contributed by atoms with Gasteiger partial charge >= 0.3 is 0 Å². The van der Waals surface area contributed by atoms with Crippen molar-refractivity contribution in [3.8, 4) is 5.75 Å². The summed E-state index contributed by atoms with van der Waals surface area (Å²) in [6, 6.07) is 8.61. The van der Waals surface area contributed by atoms with E-state index < -0.39 is 0 Å². The van der Waals surface area contributed by atoms with Crippen molar-refractivity contribution in [3.63, 3.8) is 0 Å². The number of hydrogen-bond donors (Lipinski definition) is 1. The molecule has 1 aromatic heterocycles. The lowest BCUT2D eigenvalue weighted by Crippen LogP contribution is -2.17. The topological polar surface area (TPSA) is 34.1 Å². The SMILES string of the molecule is CNC(c1ccc(OC2CC2)cc1)c1scnc1C. The third-order valence-electron chi connectivity index (χ3n) is 3.37. The van der Waals surface area contributed by atoms with Crippen LogP contribution < -0.4 is 10.1 Å². The Morgan fingerprint density at radius 2 is 2.05 bits per heavy atom. The second-order valence-corrected chi connectivity index (χ2v) is 5.80. The highest BCUT2D eigenvalue weighted by Gasteiger charge is 2.23. The molecule has 3 nitrogen and oxygen atoms in total. The maximum atomic E-state index is 5.78. The molecule has 0 amide bonds. The number of aryl methyl sites for hydroxylation is 1. The fourth-order valence-corrected chi connectivity index (χ4v) is 3.09. The zero-order valence-electron chi connectivity index (χ0n) is 11.2. The molecule has 2 aromatic rings. The van der Waals surface area contributed by atoms with Crippen molar-refractivity contribution in [3.05, 3.63) is 45.9 Å². The Morgan fingerprint density at radius 1 is 1.32 bits per heavy atom. The van der Waals surface area contributed by atoms with Gasteiger partial charge in [0.25, 0.3) is 0 Å². The molecule has 1 aromatic carbocycles. The monoisotopic (exact) mass is 274 g/mol. The normalized spacial score (nSPS) is 16.3. The molecule has 4 heteroatoms. The molecule has 100 valence electrons. The zero-order chi connectivity index (χ0) is 13.2. The number of rotatable bonds is 5. The number of thiazole rings is 1. The van der Waals surface area contributed by atoms with Crippen LogP contribution >= 0.6 is 11.3 Å². The van der Waals surface area contributed by atoms with Crippen LogP contribution in [0.2, 0.25) is 0 Å². The molecule has 0 radical (unpaired) electrons. The quantitative estimate of drug-likeness (QED) is 0.908. The van der Waals surface area contributed by atoms with Crippen molar-refractivity contribution in [2.24, 2.45) is 0 Å². The molecule has 1 unspecified atom stereocenters. The first-order chi connectivity index (χ1) is 9.28. The second-order valence-electron chi connectivity index (χ2n) is 4.91. The van der Waals surface area contributed by atoms with Gasteiger partial charge in [-0.3, -0.25) is 0 Å². The molecule has 0 saturated heterocycles. The van der Waals surface area contributed by atoms with Crippen LogP contribution in [0.15, 0.2) is 29.8 Å². The van der Waals surface area contributed by atoms with E-state index in [1.807, 2.05) is 12.6 Å². The molecule has 1 aliphatic rings. The first-order valence-electron chi connectivity index (χ1n) is 6.62. The fourth-order valence-electron chi connectivity index (χ4n) is 2.15. The molecule has 0 spiro atoms. The molecule has 19 heavy (non-hydrogen) atoms. The number of ether oxygens (including phenoxy) is 1. The smallest absolute Gasteiger partial charge is 0.119 e. The average molecular weight is 274 g/mol. The Bertz CT molecular complexity index is 546. The summed E-state index contributed by atoms with van der Waals surface area (Å²) in [5.74, 6) is 0.974. The van der Waals surface area contributed by atoms with Crippen molar-refractivity contribution in [1.82, 2.24) is 10.3 Å². The van der Waals surface area contributed by atoms with Gasteiger partial charge in [-0.15, -0.1) is 11.3 Å².